The summed E-state index contributed by atoms with van der Waals surface area (Å²) < 4.78 is 5.50. The number of hydrogen-bond donors (Lipinski definition) is 0. The predicted molar refractivity (Wildman–Crippen MR) is 61.5 cm³/mol. The van der Waals surface area contributed by atoms with E-state index in [-0.39, 0.29) is 5.78 Å². The van der Waals surface area contributed by atoms with Crippen molar-refractivity contribution < 1.29 is 9.53 Å². The second kappa shape index (κ2) is 5.35. The Morgan fingerprint density at radius 2 is 2.27 bits per heavy atom. The van der Waals surface area contributed by atoms with Gasteiger partial charge >= 0.3 is 0 Å². The molecular formula is C13H16O2. The second-order valence-corrected chi connectivity index (χ2v) is 3.42. The summed E-state index contributed by atoms with van der Waals surface area (Å²) in [6.45, 7) is 8.09. The average Bonchev–Trinajstić information content (AvgIpc) is 2.26. The van der Waals surface area contributed by atoms with Crippen LogP contribution in [0.1, 0.15) is 29.3 Å². The van der Waals surface area contributed by atoms with Crippen LogP contribution < -0.4 is 4.74 Å². The number of carbonyl (C=O) groups excluding carboxylic acids is 1. The molecule has 0 fully saturated rings. The molecule has 1 rings (SSSR count). The van der Waals surface area contributed by atoms with E-state index in [2.05, 4.69) is 6.58 Å². The minimum Gasteiger partial charge on any atom is -0.493 e. The monoisotopic (exact) mass is 204 g/mol. The summed E-state index contributed by atoms with van der Waals surface area (Å²) in [4.78, 5) is 11.6. The highest BCUT2D eigenvalue weighted by molar-refractivity contribution is 6.06. The van der Waals surface area contributed by atoms with E-state index in [1.807, 2.05) is 32.0 Å². The van der Waals surface area contributed by atoms with Gasteiger partial charge in [-0.1, -0.05) is 25.1 Å². The number of allylic oxidation sites excluding steroid dienone is 1. The van der Waals surface area contributed by atoms with Crippen molar-refractivity contribution in [3.8, 4) is 5.75 Å². The van der Waals surface area contributed by atoms with Crippen LogP contribution in [0.25, 0.3) is 0 Å². The first-order valence-corrected chi connectivity index (χ1v) is 5.09. The van der Waals surface area contributed by atoms with E-state index >= 15 is 0 Å². The Kier molecular flexibility index (Phi) is 4.10. The standard InChI is InChI=1S/C13H16O2/c1-4-8-15-13-7-6-10(3)9-11(13)12(14)5-2/h5-7,9H,2,4,8H2,1,3H3. The molecule has 2 heteroatoms. The summed E-state index contributed by atoms with van der Waals surface area (Å²) in [7, 11) is 0. The minimum absolute atomic E-state index is 0.0928. The van der Waals surface area contributed by atoms with E-state index < -0.39 is 0 Å². The summed E-state index contributed by atoms with van der Waals surface area (Å²) in [5, 5.41) is 0. The molecule has 0 bridgehead atoms. The van der Waals surface area contributed by atoms with Crippen LogP contribution in [0.15, 0.2) is 30.9 Å². The molecular weight excluding hydrogens is 188 g/mol. The smallest absolute Gasteiger partial charge is 0.188 e. The number of benzene rings is 1. The third kappa shape index (κ3) is 2.94. The maximum atomic E-state index is 11.6. The lowest BCUT2D eigenvalue weighted by Crippen LogP contribution is -2.03. The van der Waals surface area contributed by atoms with Crippen molar-refractivity contribution in [3.05, 3.63) is 42.0 Å². The zero-order chi connectivity index (χ0) is 11.3. The number of hydrogen-bond acceptors (Lipinski definition) is 2. The van der Waals surface area contributed by atoms with Crippen LogP contribution in [0, 0.1) is 6.92 Å². The number of carbonyl (C=O) groups is 1. The molecule has 0 aliphatic heterocycles. The first-order valence-electron chi connectivity index (χ1n) is 5.09. The van der Waals surface area contributed by atoms with Gasteiger partial charge in [-0.2, -0.15) is 0 Å². The Morgan fingerprint density at radius 3 is 2.87 bits per heavy atom. The molecule has 0 saturated heterocycles. The summed E-state index contributed by atoms with van der Waals surface area (Å²) in [5.41, 5.74) is 1.64. The average molecular weight is 204 g/mol. The van der Waals surface area contributed by atoms with E-state index in [0.717, 1.165) is 12.0 Å². The number of ether oxygens (including phenoxy) is 1. The van der Waals surface area contributed by atoms with Crippen molar-refractivity contribution in [2.45, 2.75) is 20.3 Å². The van der Waals surface area contributed by atoms with Crippen molar-refractivity contribution in [3.63, 3.8) is 0 Å². The van der Waals surface area contributed by atoms with E-state index in [1.54, 1.807) is 0 Å². The van der Waals surface area contributed by atoms with Crippen LogP contribution in [-0.2, 0) is 0 Å². The molecule has 80 valence electrons. The molecule has 0 N–H and O–H groups in total. The molecule has 0 aliphatic carbocycles. The maximum absolute atomic E-state index is 11.6. The SMILES string of the molecule is C=CC(=O)c1cc(C)ccc1OCCC. The van der Waals surface area contributed by atoms with Gasteiger partial charge in [0, 0.05) is 0 Å². The van der Waals surface area contributed by atoms with Crippen molar-refractivity contribution >= 4 is 5.78 Å². The molecule has 0 unspecified atom stereocenters. The highest BCUT2D eigenvalue weighted by Gasteiger charge is 2.09. The van der Waals surface area contributed by atoms with Crippen LogP contribution in [-0.4, -0.2) is 12.4 Å². The number of ketones is 1. The molecule has 0 radical (unpaired) electrons. The lowest BCUT2D eigenvalue weighted by atomic mass is 10.1. The van der Waals surface area contributed by atoms with Crippen molar-refractivity contribution in [2.24, 2.45) is 0 Å². The van der Waals surface area contributed by atoms with Crippen molar-refractivity contribution in [1.82, 2.24) is 0 Å². The summed E-state index contributed by atoms with van der Waals surface area (Å²) in [6, 6.07) is 5.60. The van der Waals surface area contributed by atoms with Crippen molar-refractivity contribution in [2.75, 3.05) is 6.61 Å². The molecule has 0 atom stereocenters. The van der Waals surface area contributed by atoms with Crippen LogP contribution in [0.4, 0.5) is 0 Å². The second-order valence-electron chi connectivity index (χ2n) is 3.42. The molecule has 15 heavy (non-hydrogen) atoms. The lowest BCUT2D eigenvalue weighted by Gasteiger charge is -2.09. The van der Waals surface area contributed by atoms with E-state index in [0.29, 0.717) is 17.9 Å². The van der Waals surface area contributed by atoms with Gasteiger partial charge in [-0.3, -0.25) is 4.79 Å². The molecule has 0 saturated carbocycles. The number of rotatable bonds is 5. The van der Waals surface area contributed by atoms with Gasteiger partial charge in [-0.25, -0.2) is 0 Å². The zero-order valence-electron chi connectivity index (χ0n) is 9.25. The van der Waals surface area contributed by atoms with Gasteiger partial charge in [0.1, 0.15) is 5.75 Å². The Morgan fingerprint density at radius 1 is 1.53 bits per heavy atom. The molecule has 1 aromatic rings. The summed E-state index contributed by atoms with van der Waals surface area (Å²) >= 11 is 0. The van der Waals surface area contributed by atoms with E-state index in [4.69, 9.17) is 4.74 Å². The van der Waals surface area contributed by atoms with Crippen LogP contribution in [0.3, 0.4) is 0 Å². The van der Waals surface area contributed by atoms with E-state index in [9.17, 15) is 4.79 Å². The fourth-order valence-electron chi connectivity index (χ4n) is 1.28. The lowest BCUT2D eigenvalue weighted by molar-refractivity contribution is 0.104. The molecule has 0 aliphatic rings. The zero-order valence-corrected chi connectivity index (χ0v) is 9.25. The highest BCUT2D eigenvalue weighted by atomic mass is 16.5. The number of aryl methyl sites for hydroxylation is 1. The molecule has 0 aromatic heterocycles. The first-order chi connectivity index (χ1) is 7.19. The van der Waals surface area contributed by atoms with Gasteiger partial charge in [-0.15, -0.1) is 0 Å². The summed E-state index contributed by atoms with van der Waals surface area (Å²) in [6.07, 6.45) is 2.24. The Balaban J connectivity index is 3.02. The molecule has 2 nitrogen and oxygen atoms in total. The molecule has 0 amide bonds. The van der Waals surface area contributed by atoms with Gasteiger partial charge in [0.15, 0.2) is 5.78 Å². The topological polar surface area (TPSA) is 26.3 Å². The van der Waals surface area contributed by atoms with Gasteiger partial charge < -0.3 is 4.74 Å². The quantitative estimate of drug-likeness (QED) is 0.544. The van der Waals surface area contributed by atoms with Gasteiger partial charge in [-0.05, 0) is 31.6 Å². The van der Waals surface area contributed by atoms with Gasteiger partial charge in [0.05, 0.1) is 12.2 Å². The maximum Gasteiger partial charge on any atom is 0.188 e. The van der Waals surface area contributed by atoms with Crippen LogP contribution >= 0.6 is 0 Å². The van der Waals surface area contributed by atoms with Crippen LogP contribution in [0.5, 0.6) is 5.75 Å². The van der Waals surface area contributed by atoms with Crippen molar-refractivity contribution in [1.29, 1.82) is 0 Å². The fourth-order valence-corrected chi connectivity index (χ4v) is 1.28. The van der Waals surface area contributed by atoms with Gasteiger partial charge in [0.2, 0.25) is 0 Å². The largest absolute Gasteiger partial charge is 0.493 e. The minimum atomic E-state index is -0.0928. The Hall–Kier alpha value is -1.57. The Labute approximate surface area is 90.6 Å². The van der Waals surface area contributed by atoms with E-state index in [1.165, 1.54) is 6.08 Å². The highest BCUT2D eigenvalue weighted by Crippen LogP contribution is 2.21. The normalized spacial score (nSPS) is 9.73. The third-order valence-electron chi connectivity index (χ3n) is 2.05. The predicted octanol–water partition coefficient (Wildman–Crippen LogP) is 3.15. The first kappa shape index (κ1) is 11.5. The third-order valence-corrected chi connectivity index (χ3v) is 2.05. The molecule has 0 spiro atoms. The molecule has 1 aromatic carbocycles. The summed E-state index contributed by atoms with van der Waals surface area (Å²) in [5.74, 6) is 0.553. The van der Waals surface area contributed by atoms with Crippen LogP contribution in [0.2, 0.25) is 0 Å². The molecule has 0 heterocycles. The van der Waals surface area contributed by atoms with Gasteiger partial charge in [0.25, 0.3) is 0 Å². The Bertz CT molecular complexity index is 367. The fraction of sp³-hybridized carbons (Fsp3) is 0.308.